The fraction of sp³-hybridized carbons (Fsp3) is 0.714. The summed E-state index contributed by atoms with van der Waals surface area (Å²) in [4.78, 5) is 0. The van der Waals surface area contributed by atoms with Crippen LogP contribution in [0.15, 0.2) is 11.6 Å². The number of hydrogen-bond acceptors (Lipinski definition) is 1. The number of allylic oxidation sites excluding steroid dienone is 1. The number of terminal acetylenes is 1. The van der Waals surface area contributed by atoms with Crippen LogP contribution in [0, 0.1) is 12.3 Å². The number of rotatable bonds is 6. The maximum absolute atomic E-state index is 5.20. The Balaban J connectivity index is 3.55. The number of nitrogens with one attached hydrogen (secondary N) is 1. The van der Waals surface area contributed by atoms with E-state index < -0.39 is 0 Å². The zero-order chi connectivity index (χ0) is 11.7. The van der Waals surface area contributed by atoms with E-state index in [1.165, 1.54) is 5.57 Å². The SMILES string of the molecule is C#CCCCC(C)=CCCNC(C)(C)C. The Labute approximate surface area is 95.3 Å². The number of unbranched alkanes of at least 4 members (excludes halogenated alkanes) is 1. The van der Waals surface area contributed by atoms with Crippen LogP contribution in [0.3, 0.4) is 0 Å². The lowest BCUT2D eigenvalue weighted by Gasteiger charge is -2.19. The van der Waals surface area contributed by atoms with Gasteiger partial charge in [0.25, 0.3) is 0 Å². The molecule has 1 N–H and O–H groups in total. The molecule has 0 fully saturated rings. The highest BCUT2D eigenvalue weighted by atomic mass is 14.9. The Morgan fingerprint density at radius 3 is 2.60 bits per heavy atom. The van der Waals surface area contributed by atoms with Crippen molar-refractivity contribution in [3.05, 3.63) is 11.6 Å². The van der Waals surface area contributed by atoms with Crippen molar-refractivity contribution < 1.29 is 0 Å². The smallest absolute Gasteiger partial charge is 0.00966 e. The summed E-state index contributed by atoms with van der Waals surface area (Å²) in [6.07, 6.45) is 11.8. The number of hydrogen-bond donors (Lipinski definition) is 1. The molecule has 0 aliphatic carbocycles. The van der Waals surface area contributed by atoms with Gasteiger partial charge in [-0.3, -0.25) is 0 Å². The molecule has 0 aromatic carbocycles. The third-order valence-corrected chi connectivity index (χ3v) is 2.18. The molecule has 0 aliphatic heterocycles. The fourth-order valence-electron chi connectivity index (χ4n) is 1.34. The monoisotopic (exact) mass is 207 g/mol. The van der Waals surface area contributed by atoms with Crippen molar-refractivity contribution in [3.8, 4) is 12.3 Å². The lowest BCUT2D eigenvalue weighted by molar-refractivity contribution is 0.431. The molecule has 0 aromatic heterocycles. The van der Waals surface area contributed by atoms with E-state index in [4.69, 9.17) is 6.42 Å². The summed E-state index contributed by atoms with van der Waals surface area (Å²) >= 11 is 0. The lowest BCUT2D eigenvalue weighted by atomic mass is 10.1. The van der Waals surface area contributed by atoms with Crippen molar-refractivity contribution in [2.75, 3.05) is 6.54 Å². The van der Waals surface area contributed by atoms with Crippen molar-refractivity contribution in [2.24, 2.45) is 0 Å². The molecule has 1 nitrogen and oxygen atoms in total. The van der Waals surface area contributed by atoms with Gasteiger partial charge in [-0.05, 0) is 53.5 Å². The third kappa shape index (κ3) is 11.2. The Bertz CT molecular complexity index is 225. The van der Waals surface area contributed by atoms with E-state index in [0.29, 0.717) is 0 Å². The van der Waals surface area contributed by atoms with Crippen LogP contribution < -0.4 is 5.32 Å². The van der Waals surface area contributed by atoms with Gasteiger partial charge in [-0.2, -0.15) is 0 Å². The van der Waals surface area contributed by atoms with Crippen LogP contribution in [0.5, 0.6) is 0 Å². The van der Waals surface area contributed by atoms with Gasteiger partial charge in [-0.1, -0.05) is 11.6 Å². The van der Waals surface area contributed by atoms with Crippen molar-refractivity contribution in [1.29, 1.82) is 0 Å². The normalized spacial score (nSPS) is 12.6. The minimum absolute atomic E-state index is 0.227. The highest BCUT2D eigenvalue weighted by Crippen LogP contribution is 2.07. The lowest BCUT2D eigenvalue weighted by Crippen LogP contribution is -2.36. The van der Waals surface area contributed by atoms with E-state index in [0.717, 1.165) is 32.2 Å². The van der Waals surface area contributed by atoms with Gasteiger partial charge < -0.3 is 5.32 Å². The molecule has 0 atom stereocenters. The Kier molecular flexibility index (Phi) is 7.17. The van der Waals surface area contributed by atoms with Gasteiger partial charge in [-0.25, -0.2) is 0 Å². The fourth-order valence-corrected chi connectivity index (χ4v) is 1.34. The summed E-state index contributed by atoms with van der Waals surface area (Å²) in [7, 11) is 0. The summed E-state index contributed by atoms with van der Waals surface area (Å²) in [6, 6.07) is 0. The van der Waals surface area contributed by atoms with E-state index in [2.05, 4.69) is 45.0 Å². The molecule has 0 amide bonds. The van der Waals surface area contributed by atoms with E-state index in [1.54, 1.807) is 0 Å². The molecular formula is C14H25N. The molecule has 0 heterocycles. The zero-order valence-electron chi connectivity index (χ0n) is 10.7. The first-order valence-electron chi connectivity index (χ1n) is 5.80. The van der Waals surface area contributed by atoms with Gasteiger partial charge in [0.1, 0.15) is 0 Å². The van der Waals surface area contributed by atoms with Gasteiger partial charge in [0, 0.05) is 12.0 Å². The third-order valence-electron chi connectivity index (χ3n) is 2.18. The maximum atomic E-state index is 5.20. The summed E-state index contributed by atoms with van der Waals surface area (Å²) in [5, 5.41) is 3.47. The molecule has 0 aliphatic rings. The summed E-state index contributed by atoms with van der Waals surface area (Å²) < 4.78 is 0. The Hall–Kier alpha value is -0.740. The van der Waals surface area contributed by atoms with Crippen LogP contribution in [-0.4, -0.2) is 12.1 Å². The van der Waals surface area contributed by atoms with Crippen molar-refractivity contribution in [1.82, 2.24) is 5.32 Å². The molecule has 0 saturated heterocycles. The average Bonchev–Trinajstić information content (AvgIpc) is 2.11. The van der Waals surface area contributed by atoms with Crippen LogP contribution in [0.1, 0.15) is 53.4 Å². The van der Waals surface area contributed by atoms with Crippen LogP contribution in [0.25, 0.3) is 0 Å². The molecule has 0 spiro atoms. The maximum Gasteiger partial charge on any atom is 0.00966 e. The predicted molar refractivity (Wildman–Crippen MR) is 68.8 cm³/mol. The van der Waals surface area contributed by atoms with Crippen molar-refractivity contribution >= 4 is 0 Å². The Morgan fingerprint density at radius 2 is 2.07 bits per heavy atom. The summed E-state index contributed by atoms with van der Waals surface area (Å²) in [6.45, 7) is 9.81. The summed E-state index contributed by atoms with van der Waals surface area (Å²) in [5.74, 6) is 2.67. The van der Waals surface area contributed by atoms with Crippen molar-refractivity contribution in [3.63, 3.8) is 0 Å². The predicted octanol–water partition coefficient (Wildman–Crippen LogP) is 3.51. The second-order valence-corrected chi connectivity index (χ2v) is 5.07. The van der Waals surface area contributed by atoms with Gasteiger partial charge in [0.15, 0.2) is 0 Å². The minimum Gasteiger partial charge on any atom is -0.312 e. The molecule has 0 radical (unpaired) electrons. The first-order chi connectivity index (χ1) is 6.95. The highest BCUT2D eigenvalue weighted by Gasteiger charge is 2.06. The first kappa shape index (κ1) is 14.3. The molecule has 0 rings (SSSR count). The quantitative estimate of drug-likeness (QED) is 0.399. The van der Waals surface area contributed by atoms with E-state index >= 15 is 0 Å². The van der Waals surface area contributed by atoms with Crippen LogP contribution in [0.4, 0.5) is 0 Å². The van der Waals surface area contributed by atoms with E-state index in [9.17, 15) is 0 Å². The minimum atomic E-state index is 0.227. The van der Waals surface area contributed by atoms with Crippen LogP contribution >= 0.6 is 0 Å². The Morgan fingerprint density at radius 1 is 1.40 bits per heavy atom. The standard InChI is InChI=1S/C14H25N/c1-6-7-8-10-13(2)11-9-12-15-14(3,4)5/h1,11,15H,7-10,12H2,2-5H3. The second kappa shape index (κ2) is 7.54. The molecule has 86 valence electrons. The molecule has 0 aromatic rings. The molecule has 0 unspecified atom stereocenters. The zero-order valence-corrected chi connectivity index (χ0v) is 10.7. The van der Waals surface area contributed by atoms with Crippen LogP contribution in [-0.2, 0) is 0 Å². The highest BCUT2D eigenvalue weighted by molar-refractivity contribution is 4.99. The molecule has 1 heteroatoms. The van der Waals surface area contributed by atoms with E-state index in [-0.39, 0.29) is 5.54 Å². The average molecular weight is 207 g/mol. The van der Waals surface area contributed by atoms with E-state index in [1.807, 2.05) is 0 Å². The van der Waals surface area contributed by atoms with Gasteiger partial charge in [-0.15, -0.1) is 12.3 Å². The van der Waals surface area contributed by atoms with Gasteiger partial charge in [0.2, 0.25) is 0 Å². The topological polar surface area (TPSA) is 12.0 Å². The largest absolute Gasteiger partial charge is 0.312 e. The molecular weight excluding hydrogens is 182 g/mol. The van der Waals surface area contributed by atoms with Crippen LogP contribution in [0.2, 0.25) is 0 Å². The molecule has 0 bridgehead atoms. The first-order valence-corrected chi connectivity index (χ1v) is 5.80. The van der Waals surface area contributed by atoms with Gasteiger partial charge in [0.05, 0.1) is 0 Å². The summed E-state index contributed by atoms with van der Waals surface area (Å²) in [5.41, 5.74) is 1.69. The molecule has 0 saturated carbocycles. The molecule has 15 heavy (non-hydrogen) atoms. The van der Waals surface area contributed by atoms with Gasteiger partial charge >= 0.3 is 0 Å². The second-order valence-electron chi connectivity index (χ2n) is 5.07. The van der Waals surface area contributed by atoms with Crippen molar-refractivity contribution in [2.45, 2.75) is 58.9 Å².